The average Bonchev–Trinajstić information content (AvgIpc) is 2.96. The number of esters is 1. The number of benzene rings is 1. The minimum Gasteiger partial charge on any atom is -0.462 e. The van der Waals surface area contributed by atoms with Crippen LogP contribution in [0, 0.1) is 12.9 Å². The molecular formula is C19H17FN2O2S. The smallest absolute Gasteiger partial charge is 0.350 e. The molecule has 0 N–H and O–H groups in total. The molecule has 1 aromatic carbocycles. The van der Waals surface area contributed by atoms with Gasteiger partial charge >= 0.3 is 5.97 Å². The van der Waals surface area contributed by atoms with Crippen molar-refractivity contribution in [1.82, 2.24) is 9.97 Å². The highest BCUT2D eigenvalue weighted by atomic mass is 32.1. The molecule has 0 spiro atoms. The number of carbonyl (C=O) groups is 1. The van der Waals surface area contributed by atoms with Crippen LogP contribution < -0.4 is 0 Å². The van der Waals surface area contributed by atoms with E-state index in [-0.39, 0.29) is 5.97 Å². The van der Waals surface area contributed by atoms with Crippen molar-refractivity contribution in [2.24, 2.45) is 0 Å². The highest BCUT2D eigenvalue weighted by Gasteiger charge is 2.18. The first kappa shape index (κ1) is 17.2. The summed E-state index contributed by atoms with van der Waals surface area (Å²) in [6.45, 7) is 3.99. The first-order chi connectivity index (χ1) is 12.1. The summed E-state index contributed by atoms with van der Waals surface area (Å²) in [5.41, 5.74) is 3.51. The molecule has 2 aromatic heterocycles. The zero-order valence-electron chi connectivity index (χ0n) is 14.0. The number of hydrogen-bond donors (Lipinski definition) is 0. The molecule has 4 nitrogen and oxygen atoms in total. The van der Waals surface area contributed by atoms with E-state index in [0.29, 0.717) is 17.9 Å². The van der Waals surface area contributed by atoms with E-state index >= 15 is 0 Å². The van der Waals surface area contributed by atoms with Crippen LogP contribution >= 0.6 is 11.3 Å². The largest absolute Gasteiger partial charge is 0.462 e. The Hall–Kier alpha value is -2.60. The van der Waals surface area contributed by atoms with Crippen molar-refractivity contribution in [3.63, 3.8) is 0 Å². The van der Waals surface area contributed by atoms with Crippen LogP contribution in [0.2, 0.25) is 0 Å². The highest BCUT2D eigenvalue weighted by molar-refractivity contribution is 7.13. The van der Waals surface area contributed by atoms with Crippen LogP contribution in [-0.4, -0.2) is 22.5 Å². The fourth-order valence-corrected chi connectivity index (χ4v) is 3.38. The van der Waals surface area contributed by atoms with Gasteiger partial charge in [-0.05, 0) is 37.1 Å². The Morgan fingerprint density at radius 2 is 2.08 bits per heavy atom. The van der Waals surface area contributed by atoms with Crippen molar-refractivity contribution in [3.8, 4) is 11.1 Å². The number of thiazole rings is 1. The topological polar surface area (TPSA) is 52.1 Å². The molecular weight excluding hydrogens is 339 g/mol. The molecule has 3 aromatic rings. The molecule has 3 rings (SSSR count). The van der Waals surface area contributed by atoms with Gasteiger partial charge in [-0.2, -0.15) is 4.39 Å². The second-order valence-corrected chi connectivity index (χ2v) is 6.68. The van der Waals surface area contributed by atoms with Crippen molar-refractivity contribution < 1.29 is 13.9 Å². The SMILES string of the molecule is CCOC(=O)c1sc(C)nc1Cc1cccc(-c2ccc(F)nc2)c1. The van der Waals surface area contributed by atoms with Gasteiger partial charge in [-0.1, -0.05) is 24.3 Å². The molecule has 6 heteroatoms. The summed E-state index contributed by atoms with van der Waals surface area (Å²) < 4.78 is 18.1. The number of ether oxygens (including phenoxy) is 1. The van der Waals surface area contributed by atoms with E-state index in [1.807, 2.05) is 31.2 Å². The monoisotopic (exact) mass is 356 g/mol. The molecule has 0 aliphatic heterocycles. The molecule has 0 fully saturated rings. The quantitative estimate of drug-likeness (QED) is 0.502. The van der Waals surface area contributed by atoms with Gasteiger partial charge in [-0.25, -0.2) is 14.8 Å². The average molecular weight is 356 g/mol. The lowest BCUT2D eigenvalue weighted by atomic mass is 10.0. The second kappa shape index (κ2) is 7.53. The molecule has 0 radical (unpaired) electrons. The van der Waals surface area contributed by atoms with E-state index in [1.54, 1.807) is 13.0 Å². The van der Waals surface area contributed by atoms with E-state index in [0.717, 1.165) is 27.4 Å². The van der Waals surface area contributed by atoms with Crippen molar-refractivity contribution in [1.29, 1.82) is 0 Å². The van der Waals surface area contributed by atoms with E-state index in [1.165, 1.54) is 23.6 Å². The van der Waals surface area contributed by atoms with Gasteiger partial charge in [0.15, 0.2) is 0 Å². The lowest BCUT2D eigenvalue weighted by Gasteiger charge is -2.06. The van der Waals surface area contributed by atoms with Crippen LogP contribution in [0.5, 0.6) is 0 Å². The lowest BCUT2D eigenvalue weighted by molar-refractivity contribution is 0.0530. The highest BCUT2D eigenvalue weighted by Crippen LogP contribution is 2.25. The molecule has 0 saturated heterocycles. The number of aromatic nitrogens is 2. The van der Waals surface area contributed by atoms with Gasteiger partial charge in [0.25, 0.3) is 0 Å². The summed E-state index contributed by atoms with van der Waals surface area (Å²) in [6.07, 6.45) is 2.03. The fourth-order valence-electron chi connectivity index (χ4n) is 2.55. The van der Waals surface area contributed by atoms with Crippen LogP contribution in [0.4, 0.5) is 4.39 Å². The van der Waals surface area contributed by atoms with E-state index < -0.39 is 5.95 Å². The Kier molecular flexibility index (Phi) is 5.19. The third-order valence-electron chi connectivity index (χ3n) is 3.62. The number of halogens is 1. The minimum absolute atomic E-state index is 0.331. The Bertz CT molecular complexity index is 891. The van der Waals surface area contributed by atoms with Gasteiger partial charge in [-0.3, -0.25) is 0 Å². The van der Waals surface area contributed by atoms with Crippen molar-refractivity contribution in [2.75, 3.05) is 6.61 Å². The number of rotatable bonds is 5. The van der Waals surface area contributed by atoms with E-state index in [2.05, 4.69) is 9.97 Å². The van der Waals surface area contributed by atoms with Crippen molar-refractivity contribution in [3.05, 3.63) is 69.7 Å². The first-order valence-corrected chi connectivity index (χ1v) is 8.72. The summed E-state index contributed by atoms with van der Waals surface area (Å²) in [4.78, 5) is 20.8. The molecule has 0 aliphatic carbocycles. The summed E-state index contributed by atoms with van der Waals surface area (Å²) in [5.74, 6) is -0.834. The van der Waals surface area contributed by atoms with Crippen molar-refractivity contribution in [2.45, 2.75) is 20.3 Å². The third-order valence-corrected chi connectivity index (χ3v) is 4.62. The molecule has 2 heterocycles. The standard InChI is InChI=1S/C19H17FN2O2S/c1-3-24-19(23)18-16(22-12(2)25-18)10-13-5-4-6-14(9-13)15-7-8-17(20)21-11-15/h4-9,11H,3,10H2,1-2H3. The number of hydrogen-bond acceptors (Lipinski definition) is 5. The molecule has 0 atom stereocenters. The molecule has 0 saturated carbocycles. The van der Waals surface area contributed by atoms with Gasteiger partial charge in [0.2, 0.25) is 5.95 Å². The van der Waals surface area contributed by atoms with E-state index in [9.17, 15) is 9.18 Å². The maximum absolute atomic E-state index is 13.0. The minimum atomic E-state index is -0.503. The molecule has 128 valence electrons. The second-order valence-electron chi connectivity index (χ2n) is 5.48. The zero-order valence-corrected chi connectivity index (χ0v) is 14.8. The van der Waals surface area contributed by atoms with Crippen molar-refractivity contribution >= 4 is 17.3 Å². The van der Waals surface area contributed by atoms with Crippen LogP contribution in [-0.2, 0) is 11.2 Å². The Morgan fingerprint density at radius 1 is 1.24 bits per heavy atom. The van der Waals surface area contributed by atoms with Gasteiger partial charge in [0, 0.05) is 18.2 Å². The molecule has 0 bridgehead atoms. The number of pyridine rings is 1. The molecule has 25 heavy (non-hydrogen) atoms. The first-order valence-electron chi connectivity index (χ1n) is 7.91. The van der Waals surface area contributed by atoms with Gasteiger partial charge in [0.1, 0.15) is 4.88 Å². The molecule has 0 aliphatic rings. The number of carbonyl (C=O) groups excluding carboxylic acids is 1. The zero-order chi connectivity index (χ0) is 17.8. The maximum atomic E-state index is 13.0. The Morgan fingerprint density at radius 3 is 2.80 bits per heavy atom. The van der Waals surface area contributed by atoms with Crippen LogP contribution in [0.25, 0.3) is 11.1 Å². The predicted octanol–water partition coefficient (Wildman–Crippen LogP) is 4.42. The Balaban J connectivity index is 1.88. The number of nitrogens with zero attached hydrogens (tertiary/aromatic N) is 2. The molecule has 0 unspecified atom stereocenters. The summed E-state index contributed by atoms with van der Waals surface area (Å²) in [6, 6.07) is 10.9. The van der Waals surface area contributed by atoms with E-state index in [4.69, 9.17) is 4.74 Å². The summed E-state index contributed by atoms with van der Waals surface area (Å²) >= 11 is 1.35. The van der Waals surface area contributed by atoms with Gasteiger partial charge in [-0.15, -0.1) is 11.3 Å². The van der Waals surface area contributed by atoms with Crippen LogP contribution in [0.15, 0.2) is 42.6 Å². The van der Waals surface area contributed by atoms with Crippen LogP contribution in [0.3, 0.4) is 0 Å². The normalized spacial score (nSPS) is 10.7. The fraction of sp³-hybridized carbons (Fsp3) is 0.211. The molecule has 0 amide bonds. The lowest BCUT2D eigenvalue weighted by Crippen LogP contribution is -2.06. The summed E-state index contributed by atoms with van der Waals surface area (Å²) in [5, 5.41) is 0.831. The predicted molar refractivity (Wildman–Crippen MR) is 95.2 cm³/mol. The Labute approximate surface area is 149 Å². The van der Waals surface area contributed by atoms with Crippen LogP contribution in [0.1, 0.15) is 32.9 Å². The maximum Gasteiger partial charge on any atom is 0.350 e. The number of aryl methyl sites for hydroxylation is 1. The summed E-state index contributed by atoms with van der Waals surface area (Å²) in [7, 11) is 0. The third kappa shape index (κ3) is 4.09. The van der Waals surface area contributed by atoms with Gasteiger partial charge in [0.05, 0.1) is 17.3 Å². The van der Waals surface area contributed by atoms with Gasteiger partial charge < -0.3 is 4.74 Å².